The molecule has 122 valence electrons. The van der Waals surface area contributed by atoms with Gasteiger partial charge < -0.3 is 15.3 Å². The quantitative estimate of drug-likeness (QED) is 0.803. The fraction of sp³-hybridized carbons (Fsp3) is 0.938. The van der Waals surface area contributed by atoms with Crippen molar-refractivity contribution in [3.63, 3.8) is 0 Å². The van der Waals surface area contributed by atoms with Gasteiger partial charge in [0.1, 0.15) is 5.54 Å². The maximum Gasteiger partial charge on any atom is 0.323 e. The number of rotatable bonds is 5. The molecular formula is C16H31N3O2. The molecule has 5 nitrogen and oxygen atoms in total. The summed E-state index contributed by atoms with van der Waals surface area (Å²) in [5, 5.41) is 13.1. The number of carboxylic acids is 1. The molecule has 0 spiro atoms. The highest BCUT2D eigenvalue weighted by molar-refractivity contribution is 5.79. The number of nitrogens with zero attached hydrogens (tertiary/aromatic N) is 2. The molecule has 0 aromatic heterocycles. The summed E-state index contributed by atoms with van der Waals surface area (Å²) in [5.41, 5.74) is -0.703. The highest BCUT2D eigenvalue weighted by atomic mass is 16.4. The Balaban J connectivity index is 2.03. The fourth-order valence-corrected chi connectivity index (χ4v) is 3.76. The largest absolute Gasteiger partial charge is 0.480 e. The molecule has 3 atom stereocenters. The van der Waals surface area contributed by atoms with E-state index in [9.17, 15) is 9.90 Å². The first-order valence-electron chi connectivity index (χ1n) is 8.41. The molecule has 1 saturated heterocycles. The smallest absolute Gasteiger partial charge is 0.323 e. The number of aliphatic carboxylic acids is 1. The van der Waals surface area contributed by atoms with Gasteiger partial charge in [0.2, 0.25) is 0 Å². The van der Waals surface area contributed by atoms with Crippen LogP contribution >= 0.6 is 0 Å². The number of hydrogen-bond acceptors (Lipinski definition) is 4. The van der Waals surface area contributed by atoms with Gasteiger partial charge in [0.25, 0.3) is 0 Å². The molecule has 2 rings (SSSR count). The Hall–Kier alpha value is -0.650. The van der Waals surface area contributed by atoms with Crippen LogP contribution in [0.25, 0.3) is 0 Å². The Labute approximate surface area is 128 Å². The lowest BCUT2D eigenvalue weighted by molar-refractivity contribution is -0.147. The molecule has 2 N–H and O–H groups in total. The molecule has 1 aliphatic carbocycles. The molecule has 0 amide bonds. The van der Waals surface area contributed by atoms with E-state index < -0.39 is 11.5 Å². The molecule has 2 fully saturated rings. The summed E-state index contributed by atoms with van der Waals surface area (Å²) in [4.78, 5) is 16.7. The summed E-state index contributed by atoms with van der Waals surface area (Å²) < 4.78 is 0. The second-order valence-corrected chi connectivity index (χ2v) is 6.89. The van der Waals surface area contributed by atoms with Gasteiger partial charge in [0, 0.05) is 31.7 Å². The van der Waals surface area contributed by atoms with Gasteiger partial charge in [-0.2, -0.15) is 0 Å². The Morgan fingerprint density at radius 3 is 2.81 bits per heavy atom. The SMILES string of the molecule is CCCNC1(C(=O)O)CCCC(N2CCN(C)C(C)C2)C1. The van der Waals surface area contributed by atoms with E-state index in [0.717, 1.165) is 58.3 Å². The minimum Gasteiger partial charge on any atom is -0.480 e. The third-order valence-corrected chi connectivity index (χ3v) is 5.36. The molecule has 1 heterocycles. The first-order valence-corrected chi connectivity index (χ1v) is 8.41. The monoisotopic (exact) mass is 297 g/mol. The van der Waals surface area contributed by atoms with Crippen molar-refractivity contribution in [2.24, 2.45) is 0 Å². The van der Waals surface area contributed by atoms with E-state index in [1.807, 2.05) is 0 Å². The first kappa shape index (κ1) is 16.7. The van der Waals surface area contributed by atoms with Crippen molar-refractivity contribution in [1.82, 2.24) is 15.1 Å². The average molecular weight is 297 g/mol. The van der Waals surface area contributed by atoms with Crippen LogP contribution in [0.15, 0.2) is 0 Å². The second-order valence-electron chi connectivity index (χ2n) is 6.89. The van der Waals surface area contributed by atoms with Crippen LogP contribution in [0.2, 0.25) is 0 Å². The van der Waals surface area contributed by atoms with Crippen LogP contribution in [0.5, 0.6) is 0 Å². The molecule has 21 heavy (non-hydrogen) atoms. The Kier molecular flexibility index (Phi) is 5.63. The molecule has 1 saturated carbocycles. The number of nitrogens with one attached hydrogen (secondary N) is 1. The number of likely N-dealkylation sites (N-methyl/N-ethyl adjacent to an activating group) is 1. The third-order valence-electron chi connectivity index (χ3n) is 5.36. The minimum absolute atomic E-state index is 0.412. The van der Waals surface area contributed by atoms with E-state index in [-0.39, 0.29) is 0 Å². The predicted molar refractivity (Wildman–Crippen MR) is 84.6 cm³/mol. The Bertz CT molecular complexity index is 363. The maximum atomic E-state index is 11.8. The van der Waals surface area contributed by atoms with Crippen molar-refractivity contribution in [3.8, 4) is 0 Å². The molecule has 0 aromatic carbocycles. The molecule has 0 aromatic rings. The molecule has 0 bridgehead atoms. The van der Waals surface area contributed by atoms with Crippen molar-refractivity contribution in [2.75, 3.05) is 33.2 Å². The van der Waals surface area contributed by atoms with Gasteiger partial charge in [-0.25, -0.2) is 0 Å². The van der Waals surface area contributed by atoms with Gasteiger partial charge in [0.05, 0.1) is 0 Å². The van der Waals surface area contributed by atoms with Gasteiger partial charge in [-0.3, -0.25) is 9.69 Å². The first-order chi connectivity index (χ1) is 9.98. The minimum atomic E-state index is -0.703. The van der Waals surface area contributed by atoms with Crippen LogP contribution in [-0.4, -0.2) is 71.7 Å². The zero-order valence-corrected chi connectivity index (χ0v) is 13.8. The van der Waals surface area contributed by atoms with Crippen molar-refractivity contribution >= 4 is 5.97 Å². The van der Waals surface area contributed by atoms with Crippen LogP contribution in [0.3, 0.4) is 0 Å². The lowest BCUT2D eigenvalue weighted by Gasteiger charge is -2.47. The third kappa shape index (κ3) is 3.76. The van der Waals surface area contributed by atoms with E-state index in [4.69, 9.17) is 0 Å². The zero-order chi connectivity index (χ0) is 15.5. The van der Waals surface area contributed by atoms with Crippen LogP contribution < -0.4 is 5.32 Å². The second kappa shape index (κ2) is 7.07. The fourth-order valence-electron chi connectivity index (χ4n) is 3.76. The van der Waals surface area contributed by atoms with Crippen molar-refractivity contribution in [1.29, 1.82) is 0 Å². The lowest BCUT2D eigenvalue weighted by atomic mass is 9.78. The lowest BCUT2D eigenvalue weighted by Crippen LogP contribution is -2.61. The molecule has 3 unspecified atom stereocenters. The van der Waals surface area contributed by atoms with Crippen molar-refractivity contribution in [3.05, 3.63) is 0 Å². The van der Waals surface area contributed by atoms with Gasteiger partial charge in [-0.15, -0.1) is 0 Å². The van der Waals surface area contributed by atoms with Gasteiger partial charge in [0.15, 0.2) is 0 Å². The molecule has 0 radical (unpaired) electrons. The summed E-state index contributed by atoms with van der Waals surface area (Å²) >= 11 is 0. The van der Waals surface area contributed by atoms with E-state index in [1.54, 1.807) is 0 Å². The maximum absolute atomic E-state index is 11.8. The highest BCUT2D eigenvalue weighted by Crippen LogP contribution is 2.32. The Morgan fingerprint density at radius 2 is 2.19 bits per heavy atom. The Morgan fingerprint density at radius 1 is 1.43 bits per heavy atom. The van der Waals surface area contributed by atoms with Crippen LogP contribution in [0.1, 0.15) is 46.0 Å². The van der Waals surface area contributed by atoms with Crippen LogP contribution in [-0.2, 0) is 4.79 Å². The molecule has 1 aliphatic heterocycles. The van der Waals surface area contributed by atoms with Gasteiger partial charge in [-0.05, 0) is 52.6 Å². The van der Waals surface area contributed by atoms with Crippen molar-refractivity contribution in [2.45, 2.75) is 63.6 Å². The van der Waals surface area contributed by atoms with Gasteiger partial charge >= 0.3 is 5.97 Å². The van der Waals surface area contributed by atoms with E-state index in [2.05, 4.69) is 36.0 Å². The van der Waals surface area contributed by atoms with Gasteiger partial charge in [-0.1, -0.05) is 6.92 Å². The number of hydrogen-bond donors (Lipinski definition) is 2. The van der Waals surface area contributed by atoms with E-state index in [0.29, 0.717) is 12.1 Å². The highest BCUT2D eigenvalue weighted by Gasteiger charge is 2.44. The number of piperazine rings is 1. The number of carbonyl (C=O) groups is 1. The summed E-state index contributed by atoms with van der Waals surface area (Å²) in [6, 6.07) is 0.971. The standard InChI is InChI=1S/C16H31N3O2/c1-4-8-17-16(15(20)21)7-5-6-14(11-16)19-10-9-18(3)13(2)12-19/h13-14,17H,4-12H2,1-3H3,(H,20,21). The summed E-state index contributed by atoms with van der Waals surface area (Å²) in [6.45, 7) is 8.34. The summed E-state index contributed by atoms with van der Waals surface area (Å²) in [7, 11) is 2.17. The van der Waals surface area contributed by atoms with E-state index in [1.165, 1.54) is 0 Å². The average Bonchev–Trinajstić information content (AvgIpc) is 2.48. The van der Waals surface area contributed by atoms with Crippen LogP contribution in [0, 0.1) is 0 Å². The normalized spacial score (nSPS) is 35.8. The van der Waals surface area contributed by atoms with E-state index >= 15 is 0 Å². The van der Waals surface area contributed by atoms with Crippen molar-refractivity contribution < 1.29 is 9.90 Å². The summed E-state index contributed by atoms with van der Waals surface area (Å²) in [6.07, 6.45) is 4.64. The molecular weight excluding hydrogens is 266 g/mol. The topological polar surface area (TPSA) is 55.8 Å². The molecule has 5 heteroatoms. The number of carboxylic acid groups (broad SMARTS) is 1. The predicted octanol–water partition coefficient (Wildman–Crippen LogP) is 1.39. The zero-order valence-electron chi connectivity index (χ0n) is 13.8. The summed E-state index contributed by atoms with van der Waals surface area (Å²) in [5.74, 6) is -0.664. The van der Waals surface area contributed by atoms with Crippen LogP contribution in [0.4, 0.5) is 0 Å². The molecule has 2 aliphatic rings.